The molecule has 0 saturated carbocycles. The van der Waals surface area contributed by atoms with E-state index in [4.69, 9.17) is 0 Å². The van der Waals surface area contributed by atoms with Crippen LogP contribution in [0.2, 0.25) is 0 Å². The number of nitrogens with zero attached hydrogens (tertiary/aromatic N) is 2. The summed E-state index contributed by atoms with van der Waals surface area (Å²) in [5, 5.41) is 5.21. The van der Waals surface area contributed by atoms with Gasteiger partial charge in [-0.25, -0.2) is 4.79 Å². The number of carbonyl (C=O) groups excluding carboxylic acids is 1. The van der Waals surface area contributed by atoms with Gasteiger partial charge in [-0.15, -0.1) is 0 Å². The number of hydrogen-bond acceptors (Lipinski definition) is 4. The van der Waals surface area contributed by atoms with Gasteiger partial charge in [-0.1, -0.05) is 0 Å². The van der Waals surface area contributed by atoms with E-state index in [1.807, 2.05) is 13.8 Å². The number of hydrogen-bond donors (Lipinski definition) is 2. The molecule has 6 heteroatoms. The molecule has 2 amide bonds. The van der Waals surface area contributed by atoms with Crippen LogP contribution >= 0.6 is 11.7 Å². The first kappa shape index (κ1) is 8.92. The Morgan fingerprint density at radius 3 is 2.92 bits per heavy atom. The third-order valence-electron chi connectivity index (χ3n) is 1.02. The molecule has 0 aliphatic carbocycles. The summed E-state index contributed by atoms with van der Waals surface area (Å²) in [4.78, 5) is 11.0. The highest BCUT2D eigenvalue weighted by molar-refractivity contribution is 6.99. The fourth-order valence-electron chi connectivity index (χ4n) is 0.634. The lowest BCUT2D eigenvalue weighted by atomic mass is 10.4. The number of nitrogens with one attached hydrogen (secondary N) is 2. The van der Waals surface area contributed by atoms with Crippen LogP contribution < -0.4 is 10.6 Å². The van der Waals surface area contributed by atoms with Gasteiger partial charge in [-0.3, -0.25) is 5.32 Å². The molecule has 0 aromatic carbocycles. The molecule has 0 spiro atoms. The average molecular weight is 186 g/mol. The summed E-state index contributed by atoms with van der Waals surface area (Å²) in [5.74, 6) is 0.484. The van der Waals surface area contributed by atoms with Crippen molar-refractivity contribution in [3.63, 3.8) is 0 Å². The van der Waals surface area contributed by atoms with Crippen molar-refractivity contribution in [2.45, 2.75) is 19.9 Å². The quantitative estimate of drug-likeness (QED) is 0.726. The Kier molecular flexibility index (Phi) is 2.98. The molecule has 5 nitrogen and oxygen atoms in total. The monoisotopic (exact) mass is 186 g/mol. The standard InChI is InChI=1S/C6H10N4OS/c1-4(2)8-6(11)9-5-3-7-12-10-5/h3-4H,1-2H3,(H2,8,9,10,11). The van der Waals surface area contributed by atoms with E-state index in [-0.39, 0.29) is 12.1 Å². The van der Waals surface area contributed by atoms with E-state index < -0.39 is 0 Å². The van der Waals surface area contributed by atoms with Gasteiger partial charge in [0.05, 0.1) is 17.9 Å². The second kappa shape index (κ2) is 4.01. The highest BCUT2D eigenvalue weighted by atomic mass is 32.1. The van der Waals surface area contributed by atoms with Gasteiger partial charge >= 0.3 is 6.03 Å². The maximum atomic E-state index is 11.0. The van der Waals surface area contributed by atoms with Gasteiger partial charge in [0.25, 0.3) is 0 Å². The molecule has 1 rings (SSSR count). The first-order valence-electron chi connectivity index (χ1n) is 3.53. The zero-order valence-corrected chi connectivity index (χ0v) is 7.68. The number of amides is 2. The van der Waals surface area contributed by atoms with Crippen LogP contribution in [0.25, 0.3) is 0 Å². The zero-order chi connectivity index (χ0) is 8.97. The third kappa shape index (κ3) is 2.83. The van der Waals surface area contributed by atoms with Gasteiger partial charge in [0.15, 0.2) is 5.82 Å². The van der Waals surface area contributed by atoms with Crippen LogP contribution in [-0.4, -0.2) is 20.8 Å². The SMILES string of the molecule is CC(C)NC(=O)Nc1cnsn1. The van der Waals surface area contributed by atoms with Gasteiger partial charge in [-0.2, -0.15) is 8.75 Å². The Morgan fingerprint density at radius 1 is 1.67 bits per heavy atom. The van der Waals surface area contributed by atoms with Crippen LogP contribution in [0.5, 0.6) is 0 Å². The molecule has 2 N–H and O–H groups in total. The summed E-state index contributed by atoms with van der Waals surface area (Å²) in [6.45, 7) is 3.78. The Morgan fingerprint density at radius 2 is 2.42 bits per heavy atom. The summed E-state index contributed by atoms with van der Waals surface area (Å²) in [5.41, 5.74) is 0. The van der Waals surface area contributed by atoms with E-state index in [0.717, 1.165) is 11.7 Å². The van der Waals surface area contributed by atoms with Crippen LogP contribution in [0, 0.1) is 0 Å². The second-order valence-electron chi connectivity index (χ2n) is 2.55. The van der Waals surface area contributed by atoms with Crippen LogP contribution in [0.1, 0.15) is 13.8 Å². The largest absolute Gasteiger partial charge is 0.336 e. The van der Waals surface area contributed by atoms with Gasteiger partial charge in [0.2, 0.25) is 0 Å². The molecule has 1 heterocycles. The summed E-state index contributed by atoms with van der Waals surface area (Å²) < 4.78 is 7.56. The molecule has 0 aliphatic rings. The van der Waals surface area contributed by atoms with Crippen molar-refractivity contribution in [2.24, 2.45) is 0 Å². The van der Waals surface area contributed by atoms with Gasteiger partial charge in [-0.05, 0) is 13.8 Å². The highest BCUT2D eigenvalue weighted by Crippen LogP contribution is 2.00. The highest BCUT2D eigenvalue weighted by Gasteiger charge is 2.03. The summed E-state index contributed by atoms with van der Waals surface area (Å²) in [7, 11) is 0. The molecular weight excluding hydrogens is 176 g/mol. The summed E-state index contributed by atoms with van der Waals surface area (Å²) >= 11 is 1.06. The first-order valence-corrected chi connectivity index (χ1v) is 4.26. The normalized spacial score (nSPS) is 9.92. The van der Waals surface area contributed by atoms with Crippen LogP contribution in [0.4, 0.5) is 10.6 Å². The lowest BCUT2D eigenvalue weighted by Gasteiger charge is -2.07. The van der Waals surface area contributed by atoms with Crippen molar-refractivity contribution in [2.75, 3.05) is 5.32 Å². The van der Waals surface area contributed by atoms with Crippen LogP contribution in [0.3, 0.4) is 0 Å². The van der Waals surface area contributed by atoms with Crippen LogP contribution in [-0.2, 0) is 0 Å². The average Bonchev–Trinajstić information content (AvgIpc) is 2.37. The number of urea groups is 1. The molecule has 1 aromatic rings. The number of aromatic nitrogens is 2. The molecule has 1 aromatic heterocycles. The molecule has 0 aliphatic heterocycles. The smallest absolute Gasteiger partial charge is 0.320 e. The van der Waals surface area contributed by atoms with E-state index in [1.165, 1.54) is 6.20 Å². The molecule has 0 bridgehead atoms. The minimum Gasteiger partial charge on any atom is -0.336 e. The predicted molar refractivity (Wildman–Crippen MR) is 47.2 cm³/mol. The van der Waals surface area contributed by atoms with Gasteiger partial charge in [0, 0.05) is 6.04 Å². The second-order valence-corrected chi connectivity index (χ2v) is 3.10. The number of carbonyl (C=O) groups is 1. The van der Waals surface area contributed by atoms with Crippen LogP contribution in [0.15, 0.2) is 6.20 Å². The van der Waals surface area contributed by atoms with Crippen molar-refractivity contribution in [3.05, 3.63) is 6.20 Å². The Bertz CT molecular complexity index is 246. The number of anilines is 1. The molecule has 0 saturated heterocycles. The summed E-state index contributed by atoms with van der Waals surface area (Å²) in [6, 6.07) is -0.130. The molecule has 0 fully saturated rings. The van der Waals surface area contributed by atoms with Gasteiger partial charge in [0.1, 0.15) is 0 Å². The van der Waals surface area contributed by atoms with E-state index in [1.54, 1.807) is 0 Å². The molecule has 0 atom stereocenters. The molecule has 66 valence electrons. The van der Waals surface area contributed by atoms with Crippen molar-refractivity contribution in [3.8, 4) is 0 Å². The van der Waals surface area contributed by atoms with E-state index in [0.29, 0.717) is 5.82 Å². The van der Waals surface area contributed by atoms with Crippen molar-refractivity contribution in [1.82, 2.24) is 14.1 Å². The Hall–Kier alpha value is -1.17. The van der Waals surface area contributed by atoms with E-state index >= 15 is 0 Å². The molecular formula is C6H10N4OS. The van der Waals surface area contributed by atoms with Crippen molar-refractivity contribution >= 4 is 23.6 Å². The zero-order valence-electron chi connectivity index (χ0n) is 6.87. The van der Waals surface area contributed by atoms with Crippen molar-refractivity contribution < 1.29 is 4.79 Å². The lowest BCUT2D eigenvalue weighted by molar-refractivity contribution is 0.250. The van der Waals surface area contributed by atoms with Gasteiger partial charge < -0.3 is 5.32 Å². The van der Waals surface area contributed by atoms with Crippen molar-refractivity contribution in [1.29, 1.82) is 0 Å². The fraction of sp³-hybridized carbons (Fsp3) is 0.500. The topological polar surface area (TPSA) is 66.9 Å². The fourth-order valence-corrected chi connectivity index (χ4v) is 1.01. The van der Waals surface area contributed by atoms with E-state index in [9.17, 15) is 4.79 Å². The Balaban J connectivity index is 2.37. The number of rotatable bonds is 2. The minimum atomic E-state index is -0.252. The molecule has 12 heavy (non-hydrogen) atoms. The minimum absolute atomic E-state index is 0.122. The molecule has 0 radical (unpaired) electrons. The summed E-state index contributed by atoms with van der Waals surface area (Å²) in [6.07, 6.45) is 1.50. The third-order valence-corrected chi connectivity index (χ3v) is 1.50. The maximum Gasteiger partial charge on any atom is 0.320 e. The predicted octanol–water partition coefficient (Wildman–Crippen LogP) is 1.07. The van der Waals surface area contributed by atoms with E-state index in [2.05, 4.69) is 19.4 Å². The lowest BCUT2D eigenvalue weighted by Crippen LogP contribution is -2.34. The first-order chi connectivity index (χ1) is 5.68. The molecule has 0 unspecified atom stereocenters. The Labute approximate surface area is 74.5 Å². The maximum absolute atomic E-state index is 11.0.